The van der Waals surface area contributed by atoms with Crippen LogP contribution in [0.3, 0.4) is 0 Å². The number of nitrogens with zero attached hydrogens (tertiary/aromatic N) is 2. The molecule has 0 unspecified atom stereocenters. The van der Waals surface area contributed by atoms with Gasteiger partial charge in [-0.3, -0.25) is 19.5 Å². The Labute approximate surface area is 158 Å². The van der Waals surface area contributed by atoms with Gasteiger partial charge in [-0.25, -0.2) is 9.18 Å². The fourth-order valence-electron chi connectivity index (χ4n) is 2.88. The van der Waals surface area contributed by atoms with Crippen LogP contribution in [-0.4, -0.2) is 15.4 Å². The Bertz CT molecular complexity index is 1100. The van der Waals surface area contributed by atoms with Crippen LogP contribution in [0, 0.1) is 22.9 Å². The number of benzene rings is 2. The van der Waals surface area contributed by atoms with Crippen LogP contribution < -0.4 is 11.1 Å². The van der Waals surface area contributed by atoms with Gasteiger partial charge in [-0.15, -0.1) is 0 Å². The lowest BCUT2D eigenvalue weighted by atomic mass is 10.1. The number of oxazole rings is 1. The molecule has 0 bridgehead atoms. The molecule has 3 rings (SSSR count). The third kappa shape index (κ3) is 4.25. The van der Waals surface area contributed by atoms with Crippen molar-refractivity contribution in [3.05, 3.63) is 74.0 Å². The van der Waals surface area contributed by atoms with Gasteiger partial charge >= 0.3 is 5.76 Å². The van der Waals surface area contributed by atoms with E-state index < -0.39 is 10.7 Å². The second kappa shape index (κ2) is 8.03. The molecular weight excluding hydrogens is 369 g/mol. The summed E-state index contributed by atoms with van der Waals surface area (Å²) in [6, 6.07) is 8.59. The number of rotatable bonds is 7. The van der Waals surface area contributed by atoms with Crippen LogP contribution in [0.5, 0.6) is 0 Å². The van der Waals surface area contributed by atoms with Crippen LogP contribution in [0.25, 0.3) is 11.1 Å². The summed E-state index contributed by atoms with van der Waals surface area (Å²) in [6.45, 7) is 2.19. The van der Waals surface area contributed by atoms with Crippen LogP contribution in [0.1, 0.15) is 24.0 Å². The molecule has 0 aliphatic heterocycles. The topological polar surface area (TPSA) is 107 Å². The molecule has 0 saturated heterocycles. The molecule has 0 atom stereocenters. The quantitative estimate of drug-likeness (QED) is 0.495. The smallest absolute Gasteiger partial charge is 0.407 e. The minimum absolute atomic E-state index is 0.135. The summed E-state index contributed by atoms with van der Waals surface area (Å²) >= 11 is 0. The van der Waals surface area contributed by atoms with Gasteiger partial charge in [-0.05, 0) is 36.6 Å². The van der Waals surface area contributed by atoms with Crippen LogP contribution in [0.4, 0.5) is 10.1 Å². The SMILES string of the molecule is Cc1cc(CNC(=O)CCCn2c(=O)oc3cc([N+](=O)[O-])ccc32)ccc1F. The summed E-state index contributed by atoms with van der Waals surface area (Å²) < 4.78 is 19.6. The molecule has 0 radical (unpaired) electrons. The number of nitrogens with one attached hydrogen (secondary N) is 1. The van der Waals surface area contributed by atoms with Crippen molar-refractivity contribution < 1.29 is 18.5 Å². The lowest BCUT2D eigenvalue weighted by molar-refractivity contribution is -0.384. The molecule has 146 valence electrons. The summed E-state index contributed by atoms with van der Waals surface area (Å²) in [5.74, 6) is -1.12. The number of hydrogen-bond acceptors (Lipinski definition) is 5. The van der Waals surface area contributed by atoms with E-state index in [2.05, 4.69) is 5.32 Å². The lowest BCUT2D eigenvalue weighted by Crippen LogP contribution is -2.23. The first-order valence-corrected chi connectivity index (χ1v) is 8.64. The van der Waals surface area contributed by atoms with E-state index in [1.807, 2.05) is 0 Å². The van der Waals surface area contributed by atoms with Crippen LogP contribution in [0.15, 0.2) is 45.6 Å². The van der Waals surface area contributed by atoms with Crippen molar-refractivity contribution in [3.8, 4) is 0 Å². The van der Waals surface area contributed by atoms with Gasteiger partial charge in [-0.2, -0.15) is 0 Å². The Kier molecular flexibility index (Phi) is 5.53. The van der Waals surface area contributed by atoms with Crippen LogP contribution >= 0.6 is 0 Å². The molecule has 1 heterocycles. The van der Waals surface area contributed by atoms with E-state index in [-0.39, 0.29) is 42.5 Å². The standard InChI is InChI=1S/C19H18FN3O5/c1-12-9-13(4-6-15(12)20)11-21-18(24)3-2-8-22-16-7-5-14(23(26)27)10-17(16)28-19(22)25/h4-7,9-10H,2-3,8,11H2,1H3,(H,21,24). The molecule has 2 aromatic carbocycles. The van der Waals surface area contributed by atoms with Gasteiger partial charge in [0.05, 0.1) is 16.5 Å². The fraction of sp³-hybridized carbons (Fsp3) is 0.263. The van der Waals surface area contributed by atoms with Crippen LogP contribution in [-0.2, 0) is 17.9 Å². The van der Waals surface area contributed by atoms with Gasteiger partial charge in [0.1, 0.15) is 5.82 Å². The maximum atomic E-state index is 13.2. The Morgan fingerprint density at radius 1 is 1.29 bits per heavy atom. The van der Waals surface area contributed by atoms with E-state index in [0.717, 1.165) is 5.56 Å². The summed E-state index contributed by atoms with van der Waals surface area (Å²) in [6.07, 6.45) is 0.575. The van der Waals surface area contributed by atoms with E-state index in [9.17, 15) is 24.1 Å². The number of carbonyl (C=O) groups excluding carboxylic acids is 1. The first-order chi connectivity index (χ1) is 13.3. The third-order valence-corrected chi connectivity index (χ3v) is 4.36. The second-order valence-corrected chi connectivity index (χ2v) is 6.39. The summed E-state index contributed by atoms with van der Waals surface area (Å²) in [5, 5.41) is 13.5. The summed E-state index contributed by atoms with van der Waals surface area (Å²) in [7, 11) is 0. The Balaban J connectivity index is 1.56. The van der Waals surface area contributed by atoms with Crippen molar-refractivity contribution in [2.45, 2.75) is 32.9 Å². The molecular formula is C19H18FN3O5. The highest BCUT2D eigenvalue weighted by atomic mass is 19.1. The van der Waals surface area contributed by atoms with E-state index in [1.165, 1.54) is 28.8 Å². The average molecular weight is 387 g/mol. The maximum Gasteiger partial charge on any atom is 0.419 e. The van der Waals surface area contributed by atoms with E-state index in [4.69, 9.17) is 4.42 Å². The Hall–Kier alpha value is -3.49. The zero-order valence-electron chi connectivity index (χ0n) is 15.1. The van der Waals surface area contributed by atoms with Gasteiger partial charge in [-0.1, -0.05) is 12.1 Å². The molecule has 9 heteroatoms. The largest absolute Gasteiger partial charge is 0.419 e. The first-order valence-electron chi connectivity index (χ1n) is 8.64. The van der Waals surface area contributed by atoms with Gasteiger partial charge in [0.25, 0.3) is 5.69 Å². The molecule has 0 aliphatic rings. The van der Waals surface area contributed by atoms with Gasteiger partial charge in [0.2, 0.25) is 5.91 Å². The minimum atomic E-state index is -0.627. The predicted molar refractivity (Wildman–Crippen MR) is 99.3 cm³/mol. The minimum Gasteiger partial charge on any atom is -0.407 e. The number of nitro groups is 1. The van der Waals surface area contributed by atoms with Gasteiger partial charge in [0.15, 0.2) is 5.58 Å². The number of non-ortho nitro benzene ring substituents is 1. The number of hydrogen-bond donors (Lipinski definition) is 1. The zero-order chi connectivity index (χ0) is 20.3. The van der Waals surface area contributed by atoms with E-state index >= 15 is 0 Å². The van der Waals surface area contributed by atoms with Crippen molar-refractivity contribution in [1.29, 1.82) is 0 Å². The zero-order valence-corrected chi connectivity index (χ0v) is 15.1. The number of carbonyl (C=O) groups is 1. The van der Waals surface area contributed by atoms with Crippen molar-refractivity contribution in [3.63, 3.8) is 0 Å². The molecule has 0 spiro atoms. The lowest BCUT2D eigenvalue weighted by Gasteiger charge is -2.07. The predicted octanol–water partition coefficient (Wildman–Crippen LogP) is 3.05. The molecule has 0 aliphatic carbocycles. The molecule has 3 aromatic rings. The second-order valence-electron chi connectivity index (χ2n) is 6.39. The highest BCUT2D eigenvalue weighted by Gasteiger charge is 2.14. The average Bonchev–Trinajstić information content (AvgIpc) is 2.97. The third-order valence-electron chi connectivity index (χ3n) is 4.36. The van der Waals surface area contributed by atoms with Crippen molar-refractivity contribution in [2.75, 3.05) is 0 Å². The normalized spacial score (nSPS) is 10.9. The first kappa shape index (κ1) is 19.3. The summed E-state index contributed by atoms with van der Waals surface area (Å²) in [5.41, 5.74) is 1.72. The maximum absolute atomic E-state index is 13.2. The molecule has 0 saturated carbocycles. The molecule has 0 fully saturated rings. The van der Waals surface area contributed by atoms with Crippen molar-refractivity contribution in [2.24, 2.45) is 0 Å². The molecule has 28 heavy (non-hydrogen) atoms. The van der Waals surface area contributed by atoms with E-state index in [1.54, 1.807) is 19.1 Å². The highest BCUT2D eigenvalue weighted by Crippen LogP contribution is 2.20. The molecule has 1 amide bonds. The van der Waals surface area contributed by atoms with Crippen LogP contribution in [0.2, 0.25) is 0 Å². The Morgan fingerprint density at radius 3 is 2.79 bits per heavy atom. The van der Waals surface area contributed by atoms with E-state index in [0.29, 0.717) is 17.5 Å². The van der Waals surface area contributed by atoms with Crippen molar-refractivity contribution >= 4 is 22.7 Å². The number of aryl methyl sites for hydroxylation is 2. The van der Waals surface area contributed by atoms with Crippen molar-refractivity contribution in [1.82, 2.24) is 9.88 Å². The number of aromatic nitrogens is 1. The highest BCUT2D eigenvalue weighted by molar-refractivity contribution is 5.76. The number of halogens is 1. The number of amides is 1. The molecule has 8 nitrogen and oxygen atoms in total. The summed E-state index contributed by atoms with van der Waals surface area (Å²) in [4.78, 5) is 34.2. The molecule has 1 N–H and O–H groups in total. The molecule has 1 aromatic heterocycles. The monoisotopic (exact) mass is 387 g/mol. The Morgan fingerprint density at radius 2 is 2.07 bits per heavy atom. The number of fused-ring (bicyclic) bond motifs is 1. The number of nitro benzene ring substituents is 1. The fourth-order valence-corrected chi connectivity index (χ4v) is 2.88. The van der Waals surface area contributed by atoms with Gasteiger partial charge in [0, 0.05) is 25.6 Å². The van der Waals surface area contributed by atoms with Gasteiger partial charge < -0.3 is 9.73 Å².